The van der Waals surface area contributed by atoms with Crippen molar-refractivity contribution in [3.8, 4) is 5.75 Å². The maximum atomic E-state index is 10.3. The highest BCUT2D eigenvalue weighted by molar-refractivity contribution is 5.72. The molecule has 1 aromatic rings. The number of rotatable bonds is 5. The summed E-state index contributed by atoms with van der Waals surface area (Å²) in [5, 5.41) is 13.4. The summed E-state index contributed by atoms with van der Waals surface area (Å²) >= 11 is 0. The van der Waals surface area contributed by atoms with Crippen LogP contribution in [-0.4, -0.2) is 12.2 Å². The van der Waals surface area contributed by atoms with Crippen LogP contribution in [0.1, 0.15) is 37.7 Å². The van der Waals surface area contributed by atoms with E-state index < -0.39 is 0 Å². The van der Waals surface area contributed by atoms with Crippen molar-refractivity contribution in [3.63, 3.8) is 0 Å². The van der Waals surface area contributed by atoms with Gasteiger partial charge in [-0.2, -0.15) is 0 Å². The first kappa shape index (κ1) is 13.5. The number of nitrogens with one attached hydrogen (secondary N) is 1. The lowest BCUT2D eigenvalue weighted by Crippen LogP contribution is -2.16. The summed E-state index contributed by atoms with van der Waals surface area (Å²) < 4.78 is 0. The van der Waals surface area contributed by atoms with Gasteiger partial charge in [0.15, 0.2) is 0 Å². The van der Waals surface area contributed by atoms with Crippen molar-refractivity contribution < 1.29 is 5.11 Å². The van der Waals surface area contributed by atoms with Crippen molar-refractivity contribution >= 4 is 11.4 Å². The third-order valence-corrected chi connectivity index (χ3v) is 3.72. The molecule has 0 unspecified atom stereocenters. The molecular weight excluding hydrogens is 236 g/mol. The molecule has 0 heterocycles. The first-order valence-corrected chi connectivity index (χ1v) is 6.79. The highest BCUT2D eigenvalue weighted by atomic mass is 16.3. The number of anilines is 2. The zero-order chi connectivity index (χ0) is 13.8. The number of allylic oxidation sites excluding steroid dienone is 1. The summed E-state index contributed by atoms with van der Waals surface area (Å²) in [7, 11) is 1.87. The molecule has 2 N–H and O–H groups in total. The first-order valence-electron chi connectivity index (χ1n) is 6.79. The van der Waals surface area contributed by atoms with E-state index in [2.05, 4.69) is 18.0 Å². The molecule has 0 aliphatic heterocycles. The van der Waals surface area contributed by atoms with Crippen molar-refractivity contribution in [1.82, 2.24) is 0 Å². The van der Waals surface area contributed by atoms with Gasteiger partial charge in [0.1, 0.15) is 5.75 Å². The molecule has 0 atom stereocenters. The minimum atomic E-state index is 0.298. The Kier molecular flexibility index (Phi) is 4.15. The Morgan fingerprint density at radius 3 is 2.63 bits per heavy atom. The van der Waals surface area contributed by atoms with Gasteiger partial charge in [-0.25, -0.2) is 0 Å². The molecule has 3 heteroatoms. The molecule has 0 radical (unpaired) electrons. The number of hydrogen-bond acceptors (Lipinski definition) is 3. The summed E-state index contributed by atoms with van der Waals surface area (Å²) in [4.78, 5) is 1.89. The van der Waals surface area contributed by atoms with Crippen molar-refractivity contribution in [1.29, 1.82) is 0 Å². The van der Waals surface area contributed by atoms with Crippen LogP contribution < -0.4 is 10.2 Å². The van der Waals surface area contributed by atoms with Gasteiger partial charge in [-0.1, -0.05) is 19.1 Å². The highest BCUT2D eigenvalue weighted by Crippen LogP contribution is 2.46. The summed E-state index contributed by atoms with van der Waals surface area (Å²) in [5.74, 6) is 0.841. The minimum absolute atomic E-state index is 0.298. The molecule has 0 saturated heterocycles. The van der Waals surface area contributed by atoms with Crippen molar-refractivity contribution in [2.75, 3.05) is 17.3 Å². The fraction of sp³-hybridized carbons (Fsp3) is 0.375. The molecule has 1 aliphatic rings. The predicted molar refractivity (Wildman–Crippen MR) is 81.7 cm³/mol. The molecule has 1 fully saturated rings. The summed E-state index contributed by atoms with van der Waals surface area (Å²) in [6.45, 7) is 5.79. The van der Waals surface area contributed by atoms with E-state index in [0.717, 1.165) is 11.4 Å². The molecule has 0 spiro atoms. The number of benzene rings is 1. The zero-order valence-corrected chi connectivity index (χ0v) is 11.7. The number of hydrogen-bond donors (Lipinski definition) is 2. The van der Waals surface area contributed by atoms with Crippen LogP contribution in [0.5, 0.6) is 5.75 Å². The van der Waals surface area contributed by atoms with Gasteiger partial charge in [0.2, 0.25) is 0 Å². The fourth-order valence-electron chi connectivity index (χ4n) is 2.48. The Morgan fingerprint density at radius 1 is 1.42 bits per heavy atom. The second kappa shape index (κ2) is 5.83. The number of phenolic OH excluding ortho intramolecular Hbond substituents is 1. The molecule has 0 bridgehead atoms. The Bertz CT molecular complexity index is 490. The molecule has 102 valence electrons. The molecular formula is C16H22N2O. The van der Waals surface area contributed by atoms with Crippen molar-refractivity contribution in [2.24, 2.45) is 0 Å². The maximum Gasteiger partial charge on any atom is 0.141 e. The van der Waals surface area contributed by atoms with E-state index >= 15 is 0 Å². The molecule has 3 nitrogen and oxygen atoms in total. The van der Waals surface area contributed by atoms with Gasteiger partial charge >= 0.3 is 0 Å². The van der Waals surface area contributed by atoms with Crippen LogP contribution in [0.3, 0.4) is 0 Å². The average Bonchev–Trinajstić information content (AvgIpc) is 2.34. The molecule has 1 aliphatic carbocycles. The molecule has 1 aromatic carbocycles. The molecule has 0 amide bonds. The lowest BCUT2D eigenvalue weighted by atomic mass is 9.79. The van der Waals surface area contributed by atoms with Gasteiger partial charge in [-0.15, -0.1) is 0 Å². The van der Waals surface area contributed by atoms with Crippen LogP contribution in [0, 0.1) is 0 Å². The Morgan fingerprint density at radius 2 is 2.16 bits per heavy atom. The van der Waals surface area contributed by atoms with E-state index in [-0.39, 0.29) is 0 Å². The van der Waals surface area contributed by atoms with Crippen LogP contribution in [-0.2, 0) is 0 Å². The number of aromatic hydroxyl groups is 1. The standard InChI is InChI=1S/C16H22N2O/c1-4-9-18(5-2)16-14(12-7-6-8-12)10-13(17-3)11-15(16)19/h4-5,9-12,17,19H,2,6-8H2,1,3H3/b9-4-. The predicted octanol–water partition coefficient (Wildman–Crippen LogP) is 4.18. The number of phenols is 1. The van der Waals surface area contributed by atoms with Gasteiger partial charge in [-0.3, -0.25) is 0 Å². The third kappa shape index (κ3) is 2.60. The quantitative estimate of drug-likeness (QED) is 0.831. The fourth-order valence-corrected chi connectivity index (χ4v) is 2.48. The normalized spacial score (nSPS) is 15.3. The largest absolute Gasteiger partial charge is 0.506 e. The van der Waals surface area contributed by atoms with E-state index in [1.165, 1.54) is 24.8 Å². The third-order valence-electron chi connectivity index (χ3n) is 3.72. The topological polar surface area (TPSA) is 35.5 Å². The van der Waals surface area contributed by atoms with Gasteiger partial charge in [0.25, 0.3) is 0 Å². The van der Waals surface area contributed by atoms with Gasteiger partial charge < -0.3 is 15.3 Å². The molecule has 2 rings (SSSR count). The lowest BCUT2D eigenvalue weighted by molar-refractivity contribution is 0.416. The van der Waals surface area contributed by atoms with Crippen LogP contribution in [0.4, 0.5) is 11.4 Å². The van der Waals surface area contributed by atoms with Gasteiger partial charge in [0.05, 0.1) is 5.69 Å². The first-order chi connectivity index (χ1) is 9.21. The Labute approximate surface area is 115 Å². The maximum absolute atomic E-state index is 10.3. The lowest BCUT2D eigenvalue weighted by Gasteiger charge is -2.31. The van der Waals surface area contributed by atoms with Crippen molar-refractivity contribution in [2.45, 2.75) is 32.1 Å². The molecule has 19 heavy (non-hydrogen) atoms. The second-order valence-electron chi connectivity index (χ2n) is 4.88. The summed E-state index contributed by atoms with van der Waals surface area (Å²) in [6, 6.07) is 3.90. The Balaban J connectivity index is 2.52. The smallest absolute Gasteiger partial charge is 0.141 e. The zero-order valence-electron chi connectivity index (χ0n) is 11.7. The molecule has 1 saturated carbocycles. The van der Waals surface area contributed by atoms with Gasteiger partial charge in [-0.05, 0) is 37.3 Å². The van der Waals surface area contributed by atoms with Crippen LogP contribution in [0.25, 0.3) is 0 Å². The van der Waals surface area contributed by atoms with E-state index in [4.69, 9.17) is 0 Å². The average molecular weight is 258 g/mol. The summed E-state index contributed by atoms with van der Waals surface area (Å²) in [6.07, 6.45) is 9.25. The summed E-state index contributed by atoms with van der Waals surface area (Å²) in [5.41, 5.74) is 3.01. The van der Waals surface area contributed by atoms with Crippen LogP contribution in [0.2, 0.25) is 0 Å². The van der Waals surface area contributed by atoms with E-state index in [9.17, 15) is 5.11 Å². The monoisotopic (exact) mass is 258 g/mol. The number of nitrogens with zero attached hydrogens (tertiary/aromatic N) is 1. The SMILES string of the molecule is C=CN(/C=C\C)c1c(O)cc(NC)cc1C1CCC1. The van der Waals surface area contributed by atoms with E-state index in [1.807, 2.05) is 31.1 Å². The minimum Gasteiger partial charge on any atom is -0.506 e. The van der Waals surface area contributed by atoms with Crippen LogP contribution in [0.15, 0.2) is 37.2 Å². The second-order valence-corrected chi connectivity index (χ2v) is 4.88. The van der Waals surface area contributed by atoms with E-state index in [1.54, 1.807) is 12.3 Å². The van der Waals surface area contributed by atoms with E-state index in [0.29, 0.717) is 11.7 Å². The highest BCUT2D eigenvalue weighted by Gasteiger charge is 2.26. The van der Waals surface area contributed by atoms with Gasteiger partial charge in [0, 0.05) is 31.2 Å². The van der Waals surface area contributed by atoms with Crippen molar-refractivity contribution in [3.05, 3.63) is 42.8 Å². The van der Waals surface area contributed by atoms with Crippen LogP contribution >= 0.6 is 0 Å². The molecule has 0 aromatic heterocycles. The Hall–Kier alpha value is -1.90.